The quantitative estimate of drug-likeness (QED) is 0.939. The Kier molecular flexibility index (Phi) is 3.41. The van der Waals surface area contributed by atoms with Gasteiger partial charge in [0, 0.05) is 12.6 Å². The Morgan fingerprint density at radius 1 is 1.39 bits per heavy atom. The van der Waals surface area contributed by atoms with Crippen molar-refractivity contribution in [2.45, 2.75) is 12.5 Å². The van der Waals surface area contributed by atoms with E-state index in [9.17, 15) is 5.11 Å². The van der Waals surface area contributed by atoms with E-state index in [0.717, 1.165) is 0 Å². The molecule has 6 heteroatoms. The maximum Gasteiger partial charge on any atom is 0.154 e. The van der Waals surface area contributed by atoms with Gasteiger partial charge in [0.25, 0.3) is 0 Å². The summed E-state index contributed by atoms with van der Waals surface area (Å²) >= 11 is 3.30. The van der Waals surface area contributed by atoms with E-state index in [1.54, 1.807) is 21.1 Å². The van der Waals surface area contributed by atoms with Crippen LogP contribution in [-0.2, 0) is 12.6 Å². The lowest BCUT2D eigenvalue weighted by molar-refractivity contribution is 0.0890. The number of ether oxygens (including phenoxy) is 1. The molecule has 1 unspecified atom stereocenters. The zero-order valence-electron chi connectivity index (χ0n) is 10.4. The lowest BCUT2D eigenvalue weighted by atomic mass is 9.92. The molecular weight excluding hydrogens is 298 g/mol. The van der Waals surface area contributed by atoms with Gasteiger partial charge in [-0.15, -0.1) is 5.10 Å². The van der Waals surface area contributed by atoms with Crippen LogP contribution < -0.4 is 4.74 Å². The maximum absolute atomic E-state index is 10.8. The van der Waals surface area contributed by atoms with Crippen LogP contribution in [0.1, 0.15) is 18.2 Å². The van der Waals surface area contributed by atoms with Crippen molar-refractivity contribution in [2.24, 2.45) is 7.05 Å². The first-order chi connectivity index (χ1) is 8.48. The van der Waals surface area contributed by atoms with Crippen LogP contribution in [0.5, 0.6) is 5.75 Å². The number of benzene rings is 1. The zero-order valence-corrected chi connectivity index (χ0v) is 12.0. The van der Waals surface area contributed by atoms with E-state index in [1.807, 2.05) is 24.3 Å². The summed E-state index contributed by atoms with van der Waals surface area (Å²) in [6, 6.07) is 7.33. The number of aliphatic hydroxyl groups is 1. The highest BCUT2D eigenvalue weighted by molar-refractivity contribution is 9.10. The summed E-state index contributed by atoms with van der Waals surface area (Å²) < 4.78 is 7.34. The van der Waals surface area contributed by atoms with Gasteiger partial charge in [-0.3, -0.25) is 0 Å². The minimum atomic E-state index is -1.25. The third-order valence-corrected chi connectivity index (χ3v) is 3.41. The van der Waals surface area contributed by atoms with E-state index in [0.29, 0.717) is 21.6 Å². The van der Waals surface area contributed by atoms with Crippen LogP contribution in [-0.4, -0.2) is 27.2 Å². The van der Waals surface area contributed by atoms with Crippen LogP contribution in [0.25, 0.3) is 0 Å². The van der Waals surface area contributed by atoms with Gasteiger partial charge in [-0.2, -0.15) is 0 Å². The number of nitrogens with zero attached hydrogens (tertiary/aromatic N) is 3. The molecule has 1 aromatic heterocycles. The Morgan fingerprint density at radius 2 is 2.06 bits per heavy atom. The normalized spacial score (nSPS) is 14.3. The van der Waals surface area contributed by atoms with E-state index in [4.69, 9.17) is 4.74 Å². The van der Waals surface area contributed by atoms with Gasteiger partial charge in [0.2, 0.25) is 0 Å². The lowest BCUT2D eigenvalue weighted by Crippen LogP contribution is -2.27. The number of para-hydroxylation sites is 1. The van der Waals surface area contributed by atoms with Gasteiger partial charge in [0.1, 0.15) is 17.0 Å². The Morgan fingerprint density at radius 3 is 2.61 bits per heavy atom. The van der Waals surface area contributed by atoms with Crippen molar-refractivity contribution in [3.63, 3.8) is 0 Å². The van der Waals surface area contributed by atoms with Gasteiger partial charge in [-0.05, 0) is 28.9 Å². The van der Waals surface area contributed by atoms with E-state index >= 15 is 0 Å². The largest absolute Gasteiger partial charge is 0.496 e. The van der Waals surface area contributed by atoms with Crippen molar-refractivity contribution in [3.8, 4) is 5.75 Å². The second-order valence-electron chi connectivity index (χ2n) is 4.12. The second-order valence-corrected chi connectivity index (χ2v) is 4.88. The number of aromatic nitrogens is 3. The SMILES string of the molecule is COc1ccccc1C(C)(O)c1c(Br)nnn1C. The summed E-state index contributed by atoms with van der Waals surface area (Å²) in [4.78, 5) is 0. The first kappa shape index (κ1) is 13.0. The fourth-order valence-electron chi connectivity index (χ4n) is 2.02. The minimum absolute atomic E-state index is 0.515. The molecular formula is C12H14BrN3O2. The number of hydrogen-bond acceptors (Lipinski definition) is 4. The Balaban J connectivity index is 2.61. The molecule has 2 rings (SSSR count). The van der Waals surface area contributed by atoms with Gasteiger partial charge < -0.3 is 9.84 Å². The first-order valence-electron chi connectivity index (χ1n) is 5.40. The summed E-state index contributed by atoms with van der Waals surface area (Å²) in [6.07, 6.45) is 0. The molecule has 0 saturated heterocycles. The van der Waals surface area contributed by atoms with Crippen LogP contribution in [0.4, 0.5) is 0 Å². The molecule has 0 saturated carbocycles. The molecule has 0 aliphatic rings. The van der Waals surface area contributed by atoms with Crippen molar-refractivity contribution < 1.29 is 9.84 Å². The number of hydrogen-bond donors (Lipinski definition) is 1. The molecule has 96 valence electrons. The predicted molar refractivity (Wildman–Crippen MR) is 70.4 cm³/mol. The smallest absolute Gasteiger partial charge is 0.154 e. The first-order valence-corrected chi connectivity index (χ1v) is 6.19. The van der Waals surface area contributed by atoms with Crippen molar-refractivity contribution in [1.29, 1.82) is 0 Å². The second kappa shape index (κ2) is 4.70. The molecule has 0 aliphatic carbocycles. The van der Waals surface area contributed by atoms with Crippen LogP contribution in [0.15, 0.2) is 28.9 Å². The van der Waals surface area contributed by atoms with Crippen molar-refractivity contribution >= 4 is 15.9 Å². The van der Waals surface area contributed by atoms with Crippen LogP contribution in [0.2, 0.25) is 0 Å². The number of halogens is 1. The topological polar surface area (TPSA) is 60.2 Å². The Bertz CT molecular complexity index is 547. The van der Waals surface area contributed by atoms with E-state index in [-0.39, 0.29) is 0 Å². The highest BCUT2D eigenvalue weighted by Crippen LogP contribution is 2.37. The summed E-state index contributed by atoms with van der Waals surface area (Å²) in [6.45, 7) is 1.69. The summed E-state index contributed by atoms with van der Waals surface area (Å²) in [5.74, 6) is 0.621. The number of aryl methyl sites for hydroxylation is 1. The van der Waals surface area contributed by atoms with E-state index in [2.05, 4.69) is 26.2 Å². The molecule has 1 aromatic carbocycles. The molecule has 18 heavy (non-hydrogen) atoms. The van der Waals surface area contributed by atoms with Crippen LogP contribution >= 0.6 is 15.9 Å². The fourth-order valence-corrected chi connectivity index (χ4v) is 2.74. The van der Waals surface area contributed by atoms with Gasteiger partial charge in [-0.25, -0.2) is 4.68 Å². The van der Waals surface area contributed by atoms with Crippen molar-refractivity contribution in [1.82, 2.24) is 15.0 Å². The number of rotatable bonds is 3. The molecule has 1 N–H and O–H groups in total. The molecule has 0 fully saturated rings. The Hall–Kier alpha value is -1.40. The van der Waals surface area contributed by atoms with Crippen molar-refractivity contribution in [2.75, 3.05) is 7.11 Å². The molecule has 0 amide bonds. The van der Waals surface area contributed by atoms with Gasteiger partial charge in [-0.1, -0.05) is 23.4 Å². The molecule has 0 bridgehead atoms. The standard InChI is InChI=1S/C12H14BrN3O2/c1-12(17,10-11(13)14-15-16(10)2)8-6-4-5-7-9(8)18-3/h4-7,17H,1-3H3. The van der Waals surface area contributed by atoms with Gasteiger partial charge >= 0.3 is 0 Å². The Labute approximate surface area is 114 Å². The van der Waals surface area contributed by atoms with Gasteiger partial charge in [0.05, 0.1) is 7.11 Å². The predicted octanol–water partition coefficient (Wildman–Crippen LogP) is 1.84. The zero-order chi connectivity index (χ0) is 13.3. The van der Waals surface area contributed by atoms with E-state index in [1.165, 1.54) is 4.68 Å². The lowest BCUT2D eigenvalue weighted by Gasteiger charge is -2.25. The molecule has 1 heterocycles. The van der Waals surface area contributed by atoms with E-state index < -0.39 is 5.60 Å². The van der Waals surface area contributed by atoms with Crippen LogP contribution in [0.3, 0.4) is 0 Å². The molecule has 0 aliphatic heterocycles. The van der Waals surface area contributed by atoms with Crippen LogP contribution in [0, 0.1) is 0 Å². The number of methoxy groups -OCH3 is 1. The summed E-state index contributed by atoms with van der Waals surface area (Å²) in [7, 11) is 3.31. The maximum atomic E-state index is 10.8. The molecule has 0 radical (unpaired) electrons. The highest BCUT2D eigenvalue weighted by atomic mass is 79.9. The average molecular weight is 312 g/mol. The monoisotopic (exact) mass is 311 g/mol. The average Bonchev–Trinajstić information content (AvgIpc) is 2.69. The summed E-state index contributed by atoms with van der Waals surface area (Å²) in [5, 5.41) is 18.6. The minimum Gasteiger partial charge on any atom is -0.496 e. The fraction of sp³-hybridized carbons (Fsp3) is 0.333. The third kappa shape index (κ3) is 2.02. The molecule has 0 spiro atoms. The summed E-state index contributed by atoms with van der Waals surface area (Å²) in [5.41, 5.74) is -0.00505. The third-order valence-electron chi connectivity index (χ3n) is 2.88. The molecule has 1 atom stereocenters. The van der Waals surface area contributed by atoms with Gasteiger partial charge in [0.15, 0.2) is 4.60 Å². The highest BCUT2D eigenvalue weighted by Gasteiger charge is 2.34. The molecule has 2 aromatic rings. The van der Waals surface area contributed by atoms with Crippen molar-refractivity contribution in [3.05, 3.63) is 40.1 Å². The molecule has 5 nitrogen and oxygen atoms in total.